The van der Waals surface area contributed by atoms with E-state index >= 15 is 0 Å². The van der Waals surface area contributed by atoms with E-state index in [1.54, 1.807) is 12.1 Å². The van der Waals surface area contributed by atoms with E-state index in [2.05, 4.69) is 9.72 Å². The van der Waals surface area contributed by atoms with E-state index in [-0.39, 0.29) is 11.5 Å². The Morgan fingerprint density at radius 1 is 1.09 bits per heavy atom. The number of para-hydroxylation sites is 1. The number of pyridine rings is 1. The minimum absolute atomic E-state index is 0.0873. The maximum atomic E-state index is 12.1. The fraction of sp³-hybridized carbons (Fsp3) is 0.111. The van der Waals surface area contributed by atoms with Gasteiger partial charge in [-0.05, 0) is 35.2 Å². The van der Waals surface area contributed by atoms with Gasteiger partial charge in [0.2, 0.25) is 0 Å². The summed E-state index contributed by atoms with van der Waals surface area (Å²) < 4.78 is 4.67. The first-order chi connectivity index (χ1) is 10.7. The van der Waals surface area contributed by atoms with Gasteiger partial charge in [0, 0.05) is 17.5 Å². The highest BCUT2D eigenvalue weighted by atomic mass is 16.5. The quantitative estimate of drug-likeness (QED) is 0.755. The molecule has 3 aromatic rings. The van der Waals surface area contributed by atoms with Crippen molar-refractivity contribution >= 4 is 16.9 Å². The van der Waals surface area contributed by atoms with Crippen molar-refractivity contribution in [3.05, 3.63) is 81.6 Å². The number of ether oxygens (including phenoxy) is 1. The van der Waals surface area contributed by atoms with E-state index in [1.165, 1.54) is 7.11 Å². The Morgan fingerprint density at radius 3 is 2.55 bits per heavy atom. The van der Waals surface area contributed by atoms with Gasteiger partial charge in [-0.2, -0.15) is 0 Å². The first-order valence-electron chi connectivity index (χ1n) is 6.95. The third kappa shape index (κ3) is 2.76. The molecular weight excluding hydrogens is 278 g/mol. The van der Waals surface area contributed by atoms with Crippen LogP contribution in [0.2, 0.25) is 0 Å². The van der Waals surface area contributed by atoms with Gasteiger partial charge in [-0.3, -0.25) is 4.79 Å². The average Bonchev–Trinajstić information content (AvgIpc) is 2.55. The Kier molecular flexibility index (Phi) is 3.74. The predicted octanol–water partition coefficient (Wildman–Crippen LogP) is 2.91. The molecule has 0 saturated heterocycles. The molecule has 1 N–H and O–H groups in total. The summed E-state index contributed by atoms with van der Waals surface area (Å²) in [5.74, 6) is -0.366. The van der Waals surface area contributed by atoms with Crippen LogP contribution < -0.4 is 5.56 Å². The van der Waals surface area contributed by atoms with Crippen molar-refractivity contribution in [3.8, 4) is 0 Å². The third-order valence-electron chi connectivity index (χ3n) is 3.60. The maximum Gasteiger partial charge on any atom is 0.337 e. The molecule has 0 amide bonds. The van der Waals surface area contributed by atoms with Crippen LogP contribution in [0.15, 0.2) is 59.4 Å². The molecule has 3 rings (SSSR count). The lowest BCUT2D eigenvalue weighted by Gasteiger charge is -2.05. The highest BCUT2D eigenvalue weighted by Crippen LogP contribution is 2.14. The van der Waals surface area contributed by atoms with Crippen LogP contribution in [0.25, 0.3) is 10.9 Å². The van der Waals surface area contributed by atoms with Gasteiger partial charge in [0.05, 0.1) is 12.7 Å². The van der Waals surface area contributed by atoms with E-state index in [1.807, 2.05) is 42.5 Å². The number of rotatable bonds is 3. The molecule has 4 heteroatoms. The summed E-state index contributed by atoms with van der Waals surface area (Å²) in [6.45, 7) is 0. The van der Waals surface area contributed by atoms with Crippen LogP contribution in [0.4, 0.5) is 0 Å². The van der Waals surface area contributed by atoms with Gasteiger partial charge in [-0.1, -0.05) is 30.3 Å². The Hall–Kier alpha value is -2.88. The first-order valence-corrected chi connectivity index (χ1v) is 6.95. The number of nitrogens with one attached hydrogen (secondary N) is 1. The lowest BCUT2D eigenvalue weighted by molar-refractivity contribution is 0.0600. The second-order valence-electron chi connectivity index (χ2n) is 5.08. The minimum atomic E-state index is -0.366. The third-order valence-corrected chi connectivity index (χ3v) is 3.60. The summed E-state index contributed by atoms with van der Waals surface area (Å²) in [4.78, 5) is 26.4. The van der Waals surface area contributed by atoms with Crippen LogP contribution in [0.1, 0.15) is 21.5 Å². The Balaban J connectivity index is 1.91. The summed E-state index contributed by atoms with van der Waals surface area (Å²) in [6.07, 6.45) is 0.515. The number of benzene rings is 2. The molecule has 0 saturated carbocycles. The molecule has 0 bridgehead atoms. The second-order valence-corrected chi connectivity index (χ2v) is 5.08. The van der Waals surface area contributed by atoms with Crippen molar-refractivity contribution in [1.82, 2.24) is 4.98 Å². The fourth-order valence-corrected chi connectivity index (χ4v) is 2.42. The van der Waals surface area contributed by atoms with Crippen molar-refractivity contribution in [1.29, 1.82) is 0 Å². The highest BCUT2D eigenvalue weighted by molar-refractivity contribution is 5.89. The largest absolute Gasteiger partial charge is 0.465 e. The number of hydrogen-bond acceptors (Lipinski definition) is 3. The zero-order valence-electron chi connectivity index (χ0n) is 12.1. The van der Waals surface area contributed by atoms with Crippen LogP contribution in [0.5, 0.6) is 0 Å². The molecule has 0 unspecified atom stereocenters. The summed E-state index contributed by atoms with van der Waals surface area (Å²) >= 11 is 0. The number of aromatic amines is 1. The molecule has 2 aromatic carbocycles. The SMILES string of the molecule is COC(=O)c1ccc(Cc2cc3ccccc3[nH]c2=O)cc1. The lowest BCUT2D eigenvalue weighted by Crippen LogP contribution is -2.12. The summed E-state index contributed by atoms with van der Waals surface area (Å²) in [6, 6.07) is 16.7. The zero-order valence-corrected chi connectivity index (χ0v) is 12.1. The molecule has 0 atom stereocenters. The van der Waals surface area contributed by atoms with Gasteiger partial charge in [0.1, 0.15) is 0 Å². The van der Waals surface area contributed by atoms with Crippen molar-refractivity contribution in [3.63, 3.8) is 0 Å². The molecule has 22 heavy (non-hydrogen) atoms. The van der Waals surface area contributed by atoms with Crippen molar-refractivity contribution in [2.75, 3.05) is 7.11 Å². The van der Waals surface area contributed by atoms with Gasteiger partial charge >= 0.3 is 5.97 Å². The average molecular weight is 293 g/mol. The molecule has 1 aromatic heterocycles. The van der Waals surface area contributed by atoms with Crippen molar-refractivity contribution in [2.24, 2.45) is 0 Å². The van der Waals surface area contributed by atoms with Crippen molar-refractivity contribution in [2.45, 2.75) is 6.42 Å². The molecule has 0 aliphatic rings. The predicted molar refractivity (Wildman–Crippen MR) is 85.2 cm³/mol. The van der Waals surface area contributed by atoms with Crippen LogP contribution in [-0.2, 0) is 11.2 Å². The number of carbonyl (C=O) groups is 1. The number of H-pyrrole nitrogens is 1. The fourth-order valence-electron chi connectivity index (χ4n) is 2.42. The topological polar surface area (TPSA) is 59.2 Å². The zero-order chi connectivity index (χ0) is 15.5. The van der Waals surface area contributed by atoms with Crippen molar-refractivity contribution < 1.29 is 9.53 Å². The van der Waals surface area contributed by atoms with E-state index in [9.17, 15) is 9.59 Å². The normalized spacial score (nSPS) is 10.6. The van der Waals surface area contributed by atoms with Crippen LogP contribution in [0, 0.1) is 0 Å². The standard InChI is InChI=1S/C18H15NO3/c1-22-18(21)13-8-6-12(7-9-13)10-15-11-14-4-2-3-5-16(14)19-17(15)20/h2-9,11H,10H2,1H3,(H,19,20). The van der Waals surface area contributed by atoms with Gasteiger partial charge in [0.25, 0.3) is 5.56 Å². The number of methoxy groups -OCH3 is 1. The number of aromatic nitrogens is 1. The van der Waals surface area contributed by atoms with E-state index < -0.39 is 0 Å². The molecule has 1 heterocycles. The number of esters is 1. The summed E-state index contributed by atoms with van der Waals surface area (Å²) in [5.41, 5.74) is 2.91. The summed E-state index contributed by atoms with van der Waals surface area (Å²) in [7, 11) is 1.35. The first kappa shape index (κ1) is 14.1. The van der Waals surface area contributed by atoms with Crippen LogP contribution in [0.3, 0.4) is 0 Å². The van der Waals surface area contributed by atoms with Gasteiger partial charge in [-0.25, -0.2) is 4.79 Å². The van der Waals surface area contributed by atoms with Crippen LogP contribution >= 0.6 is 0 Å². The smallest absolute Gasteiger partial charge is 0.337 e. The van der Waals surface area contributed by atoms with Gasteiger partial charge < -0.3 is 9.72 Å². The monoisotopic (exact) mass is 293 g/mol. The molecule has 0 fully saturated rings. The number of hydrogen-bond donors (Lipinski definition) is 1. The highest BCUT2D eigenvalue weighted by Gasteiger charge is 2.07. The Bertz CT molecular complexity index is 879. The minimum Gasteiger partial charge on any atom is -0.465 e. The maximum absolute atomic E-state index is 12.1. The second kappa shape index (κ2) is 5.85. The molecule has 0 aliphatic carbocycles. The molecule has 110 valence electrons. The summed E-state index contributed by atoms with van der Waals surface area (Å²) in [5, 5.41) is 1.00. The lowest BCUT2D eigenvalue weighted by atomic mass is 10.0. The van der Waals surface area contributed by atoms with Gasteiger partial charge in [-0.15, -0.1) is 0 Å². The van der Waals surface area contributed by atoms with E-state index in [4.69, 9.17) is 0 Å². The van der Waals surface area contributed by atoms with Gasteiger partial charge in [0.15, 0.2) is 0 Å². The molecule has 4 nitrogen and oxygen atoms in total. The van der Waals surface area contributed by atoms with Crippen LogP contribution in [-0.4, -0.2) is 18.1 Å². The molecule has 0 aliphatic heterocycles. The number of fused-ring (bicyclic) bond motifs is 1. The Labute approximate surface area is 127 Å². The molecule has 0 spiro atoms. The Morgan fingerprint density at radius 2 is 1.82 bits per heavy atom. The van der Waals surface area contributed by atoms with E-state index in [0.29, 0.717) is 17.5 Å². The molecule has 0 radical (unpaired) electrons. The number of carbonyl (C=O) groups excluding carboxylic acids is 1. The molecular formula is C18H15NO3. The van der Waals surface area contributed by atoms with E-state index in [0.717, 1.165) is 16.5 Å².